The van der Waals surface area contributed by atoms with E-state index >= 15 is 0 Å². The van der Waals surface area contributed by atoms with Crippen molar-refractivity contribution in [3.63, 3.8) is 0 Å². The van der Waals surface area contributed by atoms with E-state index in [-0.39, 0.29) is 17.2 Å². The first-order valence-corrected chi connectivity index (χ1v) is 8.97. The lowest BCUT2D eigenvalue weighted by molar-refractivity contribution is -0.131. The maximum absolute atomic E-state index is 12.8. The van der Waals surface area contributed by atoms with Crippen molar-refractivity contribution >= 4 is 11.8 Å². The van der Waals surface area contributed by atoms with E-state index in [1.165, 1.54) is 6.92 Å². The Balaban J connectivity index is 1.70. The minimum absolute atomic E-state index is 0.0470. The zero-order chi connectivity index (χ0) is 17.8. The molecule has 3 unspecified atom stereocenters. The molecule has 0 bridgehead atoms. The summed E-state index contributed by atoms with van der Waals surface area (Å²) in [6.45, 7) is 3.64. The molecule has 1 aromatic carbocycles. The Hall–Kier alpha value is -2.34. The number of hydrogen-bond acceptors (Lipinski definition) is 3. The zero-order valence-electron chi connectivity index (χ0n) is 14.7. The molecule has 128 valence electrons. The van der Waals surface area contributed by atoms with E-state index in [0.29, 0.717) is 29.9 Å². The summed E-state index contributed by atoms with van der Waals surface area (Å²) in [7, 11) is 0. The Morgan fingerprint density at radius 1 is 1.40 bits per heavy atom. The van der Waals surface area contributed by atoms with Gasteiger partial charge in [0, 0.05) is 29.9 Å². The first-order chi connectivity index (χ1) is 11.9. The number of terminal acetylenes is 1. The summed E-state index contributed by atoms with van der Waals surface area (Å²) >= 11 is 0. The average Bonchev–Trinajstić information content (AvgIpc) is 2.91. The largest absolute Gasteiger partial charge is 0.427 e. The first kappa shape index (κ1) is 16.1. The highest BCUT2D eigenvalue weighted by atomic mass is 16.5. The van der Waals surface area contributed by atoms with Gasteiger partial charge in [0.2, 0.25) is 0 Å². The summed E-state index contributed by atoms with van der Waals surface area (Å²) in [4.78, 5) is 24.0. The number of Topliss-reactive ketones (excluding diaryl/α,β-unsaturated/α-hetero) is 1. The third-order valence-electron chi connectivity index (χ3n) is 6.58. The minimum atomic E-state index is -0.367. The fourth-order valence-electron chi connectivity index (χ4n) is 5.40. The Labute approximate surface area is 148 Å². The molecule has 0 radical (unpaired) electrons. The summed E-state index contributed by atoms with van der Waals surface area (Å²) in [5.74, 6) is 4.31. The van der Waals surface area contributed by atoms with Crippen molar-refractivity contribution < 1.29 is 14.3 Å². The summed E-state index contributed by atoms with van der Waals surface area (Å²) in [6.07, 6.45) is 11.6. The molecule has 0 aromatic heterocycles. The van der Waals surface area contributed by atoms with Crippen LogP contribution >= 0.6 is 0 Å². The predicted octanol–water partition coefficient (Wildman–Crippen LogP) is 4.28. The second-order valence-corrected chi connectivity index (χ2v) is 7.80. The van der Waals surface area contributed by atoms with E-state index in [9.17, 15) is 9.59 Å². The van der Waals surface area contributed by atoms with Crippen LogP contribution in [-0.2, 0) is 4.79 Å². The maximum atomic E-state index is 12.8. The molecule has 1 fully saturated rings. The SMILES string of the molecule is C#CC1=CCC2C3CC(=O)c4cc(OC(C)=O)ccc4C3CC[C@]12C. The van der Waals surface area contributed by atoms with Gasteiger partial charge >= 0.3 is 5.97 Å². The quantitative estimate of drug-likeness (QED) is 0.437. The molecule has 4 rings (SSSR count). The van der Waals surface area contributed by atoms with Crippen LogP contribution in [-0.4, -0.2) is 11.8 Å². The molecule has 3 aliphatic carbocycles. The number of hydrogen-bond donors (Lipinski definition) is 0. The van der Waals surface area contributed by atoms with Crippen molar-refractivity contribution in [2.45, 2.75) is 45.4 Å². The fourth-order valence-corrected chi connectivity index (χ4v) is 5.40. The second-order valence-electron chi connectivity index (χ2n) is 7.80. The maximum Gasteiger partial charge on any atom is 0.308 e. The summed E-state index contributed by atoms with van der Waals surface area (Å²) in [5.41, 5.74) is 3.02. The number of carbonyl (C=O) groups excluding carboxylic acids is 2. The molecular weight excluding hydrogens is 312 g/mol. The molecule has 0 aliphatic heterocycles. The van der Waals surface area contributed by atoms with E-state index in [0.717, 1.165) is 36.0 Å². The van der Waals surface area contributed by atoms with Gasteiger partial charge in [-0.2, -0.15) is 0 Å². The lowest BCUT2D eigenvalue weighted by Gasteiger charge is -2.49. The lowest BCUT2D eigenvalue weighted by Crippen LogP contribution is -2.42. The topological polar surface area (TPSA) is 43.4 Å². The zero-order valence-corrected chi connectivity index (χ0v) is 14.7. The summed E-state index contributed by atoms with van der Waals surface area (Å²) < 4.78 is 5.16. The van der Waals surface area contributed by atoms with E-state index < -0.39 is 0 Å². The van der Waals surface area contributed by atoms with Crippen LogP contribution in [0.25, 0.3) is 0 Å². The Morgan fingerprint density at radius 2 is 2.20 bits per heavy atom. The fraction of sp³-hybridized carbons (Fsp3) is 0.455. The molecule has 25 heavy (non-hydrogen) atoms. The number of rotatable bonds is 1. The van der Waals surface area contributed by atoms with Gasteiger partial charge in [0.05, 0.1) is 0 Å². The third kappa shape index (κ3) is 2.35. The van der Waals surface area contributed by atoms with Crippen LogP contribution in [0.4, 0.5) is 0 Å². The van der Waals surface area contributed by atoms with Crippen molar-refractivity contribution in [2.24, 2.45) is 17.3 Å². The van der Waals surface area contributed by atoms with Crippen LogP contribution in [0.1, 0.15) is 61.4 Å². The molecule has 4 atom stereocenters. The predicted molar refractivity (Wildman–Crippen MR) is 95.3 cm³/mol. The van der Waals surface area contributed by atoms with Gasteiger partial charge in [0.15, 0.2) is 5.78 Å². The minimum Gasteiger partial charge on any atom is -0.427 e. The van der Waals surface area contributed by atoms with E-state index in [1.54, 1.807) is 6.07 Å². The molecule has 1 aromatic rings. The highest BCUT2D eigenvalue weighted by molar-refractivity contribution is 5.99. The van der Waals surface area contributed by atoms with Crippen molar-refractivity contribution in [2.75, 3.05) is 0 Å². The third-order valence-corrected chi connectivity index (χ3v) is 6.58. The number of esters is 1. The Morgan fingerprint density at radius 3 is 2.92 bits per heavy atom. The molecule has 0 N–H and O–H groups in total. The van der Waals surface area contributed by atoms with Crippen LogP contribution in [0.2, 0.25) is 0 Å². The first-order valence-electron chi connectivity index (χ1n) is 8.97. The van der Waals surface area contributed by atoms with E-state index in [4.69, 9.17) is 11.2 Å². The number of benzene rings is 1. The van der Waals surface area contributed by atoms with Gasteiger partial charge in [-0.25, -0.2) is 0 Å². The lowest BCUT2D eigenvalue weighted by atomic mass is 9.54. The van der Waals surface area contributed by atoms with Crippen LogP contribution in [0.15, 0.2) is 29.8 Å². The monoisotopic (exact) mass is 334 g/mol. The van der Waals surface area contributed by atoms with Crippen LogP contribution in [0.5, 0.6) is 5.75 Å². The van der Waals surface area contributed by atoms with Crippen molar-refractivity contribution in [1.29, 1.82) is 0 Å². The van der Waals surface area contributed by atoms with Gasteiger partial charge in [-0.05, 0) is 54.7 Å². The van der Waals surface area contributed by atoms with Crippen LogP contribution < -0.4 is 4.74 Å². The molecule has 0 spiro atoms. The highest BCUT2D eigenvalue weighted by Crippen LogP contribution is 2.60. The Kier molecular flexibility index (Phi) is 3.61. The number of fused-ring (bicyclic) bond motifs is 5. The Bertz CT molecular complexity index is 841. The number of ketones is 1. The summed E-state index contributed by atoms with van der Waals surface area (Å²) in [6, 6.07) is 5.53. The molecule has 1 saturated carbocycles. The second kappa shape index (κ2) is 5.59. The molecule has 0 saturated heterocycles. The summed E-state index contributed by atoms with van der Waals surface area (Å²) in [5, 5.41) is 0. The van der Waals surface area contributed by atoms with Gasteiger partial charge in [0.1, 0.15) is 5.75 Å². The van der Waals surface area contributed by atoms with E-state index in [1.807, 2.05) is 12.1 Å². The average molecular weight is 334 g/mol. The van der Waals surface area contributed by atoms with Crippen molar-refractivity contribution in [3.05, 3.63) is 41.0 Å². The standard InChI is InChI=1S/C22H22O3/c1-4-14-5-8-20-18-12-21(24)19-11-15(25-13(2)23)6-7-16(19)17(18)9-10-22(14,20)3/h1,5-7,11,17-18,20H,8-10,12H2,2-3H3/t17?,18?,20?,22-/m1/s1. The molecule has 3 nitrogen and oxygen atoms in total. The smallest absolute Gasteiger partial charge is 0.308 e. The van der Waals surface area contributed by atoms with E-state index in [2.05, 4.69) is 18.9 Å². The van der Waals surface area contributed by atoms with Crippen LogP contribution in [0, 0.1) is 29.6 Å². The number of allylic oxidation sites excluding steroid dienone is 2. The van der Waals surface area contributed by atoms with Gasteiger partial charge < -0.3 is 4.74 Å². The molecule has 0 amide bonds. The number of ether oxygens (including phenoxy) is 1. The van der Waals surface area contributed by atoms with Gasteiger partial charge in [-0.1, -0.05) is 25.0 Å². The normalized spacial score (nSPS) is 32.8. The van der Waals surface area contributed by atoms with Crippen LogP contribution in [0.3, 0.4) is 0 Å². The molecule has 3 aliphatic rings. The highest BCUT2D eigenvalue weighted by Gasteiger charge is 2.52. The molecular formula is C22H22O3. The van der Waals surface area contributed by atoms with Crippen molar-refractivity contribution in [1.82, 2.24) is 0 Å². The van der Waals surface area contributed by atoms with Crippen molar-refractivity contribution in [3.8, 4) is 18.1 Å². The van der Waals surface area contributed by atoms with Gasteiger partial charge in [0.25, 0.3) is 0 Å². The molecule has 3 heteroatoms. The van der Waals surface area contributed by atoms with Gasteiger partial charge in [-0.3, -0.25) is 9.59 Å². The number of carbonyl (C=O) groups is 2. The van der Waals surface area contributed by atoms with Gasteiger partial charge in [-0.15, -0.1) is 6.42 Å². The molecule has 0 heterocycles.